The summed E-state index contributed by atoms with van der Waals surface area (Å²) in [5.41, 5.74) is 1.51. The summed E-state index contributed by atoms with van der Waals surface area (Å²) in [6, 6.07) is 2.54. The average Bonchev–Trinajstić information content (AvgIpc) is 2.85. The van der Waals surface area contributed by atoms with Crippen LogP contribution < -0.4 is 5.32 Å². The Hall–Kier alpha value is -1.58. The van der Waals surface area contributed by atoms with Gasteiger partial charge in [0.15, 0.2) is 5.82 Å². The summed E-state index contributed by atoms with van der Waals surface area (Å²) in [6.07, 6.45) is 9.20. The molecule has 1 N–H and O–H groups in total. The van der Waals surface area contributed by atoms with E-state index in [1.54, 1.807) is 12.4 Å². The van der Waals surface area contributed by atoms with Crippen LogP contribution >= 0.6 is 0 Å². The Morgan fingerprint density at radius 3 is 3.06 bits per heavy atom. The van der Waals surface area contributed by atoms with E-state index < -0.39 is 0 Å². The van der Waals surface area contributed by atoms with Crippen LogP contribution in [0.5, 0.6) is 0 Å². The van der Waals surface area contributed by atoms with Crippen molar-refractivity contribution in [1.29, 1.82) is 0 Å². The van der Waals surface area contributed by atoms with E-state index in [1.165, 1.54) is 19.3 Å². The maximum Gasteiger partial charge on any atom is 0.152 e. The quantitative estimate of drug-likeness (QED) is 0.862. The lowest BCUT2D eigenvalue weighted by molar-refractivity contribution is 0.378. The Kier molecular flexibility index (Phi) is 2.31. The minimum atomic E-state index is 0.461. The van der Waals surface area contributed by atoms with E-state index in [-0.39, 0.29) is 0 Å². The van der Waals surface area contributed by atoms with Crippen molar-refractivity contribution < 1.29 is 0 Å². The van der Waals surface area contributed by atoms with Gasteiger partial charge in [-0.3, -0.25) is 0 Å². The Labute approximate surface area is 101 Å². The predicted octanol–water partition coefficient (Wildman–Crippen LogP) is 2.72. The van der Waals surface area contributed by atoms with Crippen molar-refractivity contribution >= 4 is 11.3 Å². The number of anilines is 1. The molecule has 3 rings (SSSR count). The molecule has 1 fully saturated rings. The van der Waals surface area contributed by atoms with Crippen LogP contribution in [0.3, 0.4) is 0 Å². The molecule has 0 radical (unpaired) electrons. The van der Waals surface area contributed by atoms with Gasteiger partial charge in [0.2, 0.25) is 0 Å². The molecule has 1 aliphatic carbocycles. The lowest BCUT2D eigenvalue weighted by atomic mass is 9.92. The average molecular weight is 230 g/mol. The fourth-order valence-corrected chi connectivity index (χ4v) is 2.72. The Bertz CT molecular complexity index is 529. The van der Waals surface area contributed by atoms with E-state index in [0.29, 0.717) is 11.5 Å². The monoisotopic (exact) mass is 230 g/mol. The van der Waals surface area contributed by atoms with E-state index in [1.807, 2.05) is 16.8 Å². The second kappa shape index (κ2) is 3.72. The van der Waals surface area contributed by atoms with Gasteiger partial charge in [0.1, 0.15) is 5.52 Å². The van der Waals surface area contributed by atoms with Crippen molar-refractivity contribution in [3.05, 3.63) is 24.7 Å². The summed E-state index contributed by atoms with van der Waals surface area (Å²) >= 11 is 0. The maximum atomic E-state index is 4.42. The fourth-order valence-electron chi connectivity index (χ4n) is 2.72. The van der Waals surface area contributed by atoms with Crippen LogP contribution in [0.4, 0.5) is 5.82 Å². The Morgan fingerprint density at radius 2 is 2.29 bits per heavy atom. The molecular formula is C13H18N4. The normalized spacial score (nSPS) is 23.1. The molecule has 1 atom stereocenters. The SMILES string of the molecule is CC1(C)CCC(Nc2nccn3nccc23)C1. The van der Waals surface area contributed by atoms with Gasteiger partial charge in [0, 0.05) is 18.4 Å². The number of fused-ring (bicyclic) bond motifs is 1. The minimum Gasteiger partial charge on any atom is -0.366 e. The number of rotatable bonds is 2. The highest BCUT2D eigenvalue weighted by Gasteiger charge is 2.31. The molecular weight excluding hydrogens is 212 g/mol. The number of hydrogen-bond donors (Lipinski definition) is 1. The summed E-state index contributed by atoms with van der Waals surface area (Å²) in [5, 5.41) is 7.77. The molecule has 90 valence electrons. The van der Waals surface area contributed by atoms with Crippen molar-refractivity contribution in [1.82, 2.24) is 14.6 Å². The highest BCUT2D eigenvalue weighted by molar-refractivity contribution is 5.67. The third-order valence-electron chi connectivity index (χ3n) is 3.63. The number of aromatic nitrogens is 3. The van der Waals surface area contributed by atoms with Gasteiger partial charge < -0.3 is 5.32 Å². The topological polar surface area (TPSA) is 42.2 Å². The molecule has 1 unspecified atom stereocenters. The van der Waals surface area contributed by atoms with Crippen molar-refractivity contribution in [2.24, 2.45) is 5.41 Å². The smallest absolute Gasteiger partial charge is 0.152 e. The first-order chi connectivity index (χ1) is 8.14. The van der Waals surface area contributed by atoms with Crippen LogP contribution in [-0.2, 0) is 0 Å². The standard InChI is InChI=1S/C13H18N4/c1-13(2)5-3-10(9-13)16-12-11-4-6-15-17(11)8-7-14-12/h4,6-8,10H,3,5,9H2,1-2H3,(H,14,16). The molecule has 0 aromatic carbocycles. The fraction of sp³-hybridized carbons (Fsp3) is 0.538. The second-order valence-electron chi connectivity index (χ2n) is 5.69. The minimum absolute atomic E-state index is 0.461. The van der Waals surface area contributed by atoms with Gasteiger partial charge in [0.05, 0.1) is 6.20 Å². The van der Waals surface area contributed by atoms with Gasteiger partial charge in [-0.2, -0.15) is 5.10 Å². The molecule has 0 spiro atoms. The first kappa shape index (κ1) is 10.6. The predicted molar refractivity (Wildman–Crippen MR) is 68.0 cm³/mol. The first-order valence-corrected chi connectivity index (χ1v) is 6.19. The zero-order chi connectivity index (χ0) is 11.9. The lowest BCUT2D eigenvalue weighted by Gasteiger charge is -2.18. The lowest BCUT2D eigenvalue weighted by Crippen LogP contribution is -2.18. The van der Waals surface area contributed by atoms with Crippen LogP contribution in [0.15, 0.2) is 24.7 Å². The highest BCUT2D eigenvalue weighted by atomic mass is 15.2. The molecule has 1 aliphatic rings. The van der Waals surface area contributed by atoms with Crippen LogP contribution in [0.25, 0.3) is 5.52 Å². The van der Waals surface area contributed by atoms with Crippen LogP contribution in [0.2, 0.25) is 0 Å². The molecule has 4 heteroatoms. The number of nitrogens with zero attached hydrogens (tertiary/aromatic N) is 3. The summed E-state index contributed by atoms with van der Waals surface area (Å²) in [6.45, 7) is 4.67. The third kappa shape index (κ3) is 1.99. The Balaban J connectivity index is 1.84. The van der Waals surface area contributed by atoms with Crippen LogP contribution in [0, 0.1) is 5.41 Å². The van der Waals surface area contributed by atoms with E-state index >= 15 is 0 Å². The molecule has 4 nitrogen and oxygen atoms in total. The van der Waals surface area contributed by atoms with Gasteiger partial charge in [0.25, 0.3) is 0 Å². The molecule has 0 saturated heterocycles. The van der Waals surface area contributed by atoms with E-state index in [4.69, 9.17) is 0 Å². The molecule has 2 aromatic rings. The van der Waals surface area contributed by atoms with Crippen molar-refractivity contribution in [2.45, 2.75) is 39.2 Å². The van der Waals surface area contributed by atoms with Crippen molar-refractivity contribution in [2.75, 3.05) is 5.32 Å². The van der Waals surface area contributed by atoms with Crippen molar-refractivity contribution in [3.8, 4) is 0 Å². The summed E-state index contributed by atoms with van der Waals surface area (Å²) in [5.74, 6) is 0.952. The number of nitrogens with one attached hydrogen (secondary N) is 1. The Morgan fingerprint density at radius 1 is 1.41 bits per heavy atom. The molecule has 17 heavy (non-hydrogen) atoms. The molecule has 1 saturated carbocycles. The molecule has 0 bridgehead atoms. The third-order valence-corrected chi connectivity index (χ3v) is 3.63. The summed E-state index contributed by atoms with van der Waals surface area (Å²) in [7, 11) is 0. The van der Waals surface area contributed by atoms with Gasteiger partial charge in [-0.25, -0.2) is 9.50 Å². The van der Waals surface area contributed by atoms with E-state index in [2.05, 4.69) is 29.2 Å². The van der Waals surface area contributed by atoms with Gasteiger partial charge in [-0.05, 0) is 30.7 Å². The molecule has 2 aromatic heterocycles. The summed E-state index contributed by atoms with van der Waals surface area (Å²) < 4.78 is 1.86. The van der Waals surface area contributed by atoms with E-state index in [9.17, 15) is 0 Å². The molecule has 2 heterocycles. The molecule has 0 aliphatic heterocycles. The zero-order valence-electron chi connectivity index (χ0n) is 10.3. The number of hydrogen-bond acceptors (Lipinski definition) is 3. The van der Waals surface area contributed by atoms with Gasteiger partial charge >= 0.3 is 0 Å². The molecule has 0 amide bonds. The zero-order valence-corrected chi connectivity index (χ0v) is 10.3. The maximum absolute atomic E-state index is 4.42. The largest absolute Gasteiger partial charge is 0.366 e. The summed E-state index contributed by atoms with van der Waals surface area (Å²) in [4.78, 5) is 4.42. The first-order valence-electron chi connectivity index (χ1n) is 6.19. The van der Waals surface area contributed by atoms with E-state index in [0.717, 1.165) is 11.3 Å². The van der Waals surface area contributed by atoms with Crippen LogP contribution in [0.1, 0.15) is 33.1 Å². The van der Waals surface area contributed by atoms with Crippen molar-refractivity contribution in [3.63, 3.8) is 0 Å². The highest BCUT2D eigenvalue weighted by Crippen LogP contribution is 2.38. The van der Waals surface area contributed by atoms with Gasteiger partial charge in [-0.1, -0.05) is 13.8 Å². The van der Waals surface area contributed by atoms with Crippen LogP contribution in [-0.4, -0.2) is 20.6 Å². The van der Waals surface area contributed by atoms with Gasteiger partial charge in [-0.15, -0.1) is 0 Å². The second-order valence-corrected chi connectivity index (χ2v) is 5.69.